The van der Waals surface area contributed by atoms with E-state index in [0.29, 0.717) is 18.7 Å². The van der Waals surface area contributed by atoms with Crippen LogP contribution in [0.4, 0.5) is 8.78 Å². The van der Waals surface area contributed by atoms with Gasteiger partial charge in [-0.15, -0.1) is 0 Å². The molecular weight excluding hydrogens is 388 g/mol. The minimum atomic E-state index is -0.964. The van der Waals surface area contributed by atoms with Crippen molar-refractivity contribution in [1.82, 2.24) is 15.5 Å². The molecular formula is C23H27F2N3O2. The van der Waals surface area contributed by atoms with E-state index in [1.165, 1.54) is 24.8 Å². The Hall–Kier alpha value is -2.80. The van der Waals surface area contributed by atoms with Crippen LogP contribution in [0.15, 0.2) is 42.5 Å². The largest absolute Gasteiger partial charge is 0.350 e. The lowest BCUT2D eigenvalue weighted by atomic mass is 10.0. The molecule has 2 amide bonds. The van der Waals surface area contributed by atoms with Gasteiger partial charge in [0.25, 0.3) is 5.91 Å². The molecule has 30 heavy (non-hydrogen) atoms. The van der Waals surface area contributed by atoms with Gasteiger partial charge in [0.2, 0.25) is 5.91 Å². The predicted molar refractivity (Wildman–Crippen MR) is 111 cm³/mol. The molecule has 0 radical (unpaired) electrons. The average Bonchev–Trinajstić information content (AvgIpc) is 2.73. The highest BCUT2D eigenvalue weighted by Crippen LogP contribution is 2.20. The second-order valence-electron chi connectivity index (χ2n) is 7.67. The first-order valence-corrected chi connectivity index (χ1v) is 10.2. The van der Waals surface area contributed by atoms with E-state index in [1.807, 2.05) is 18.2 Å². The summed E-state index contributed by atoms with van der Waals surface area (Å²) < 4.78 is 26.6. The van der Waals surface area contributed by atoms with Crippen LogP contribution in [0.3, 0.4) is 0 Å². The summed E-state index contributed by atoms with van der Waals surface area (Å²) in [4.78, 5) is 26.6. The molecule has 1 fully saturated rings. The van der Waals surface area contributed by atoms with Crippen molar-refractivity contribution >= 4 is 11.8 Å². The van der Waals surface area contributed by atoms with Gasteiger partial charge >= 0.3 is 0 Å². The first-order chi connectivity index (χ1) is 14.4. The summed E-state index contributed by atoms with van der Waals surface area (Å²) >= 11 is 0. The molecule has 1 aliphatic heterocycles. The molecule has 160 valence electrons. The van der Waals surface area contributed by atoms with Crippen LogP contribution in [0.2, 0.25) is 0 Å². The van der Waals surface area contributed by atoms with Crippen molar-refractivity contribution in [2.24, 2.45) is 0 Å². The summed E-state index contributed by atoms with van der Waals surface area (Å²) in [5.74, 6) is -2.87. The zero-order valence-corrected chi connectivity index (χ0v) is 17.1. The minimum absolute atomic E-state index is 0.291. The number of amides is 2. The first kappa shape index (κ1) is 21.9. The number of carbonyl (C=O) groups is 2. The summed E-state index contributed by atoms with van der Waals surface area (Å²) in [5.41, 5.74) is 1.90. The minimum Gasteiger partial charge on any atom is -0.350 e. The molecule has 1 saturated heterocycles. The van der Waals surface area contributed by atoms with Crippen molar-refractivity contribution in [3.05, 3.63) is 70.8 Å². The Kier molecular flexibility index (Phi) is 7.52. The fourth-order valence-electron chi connectivity index (χ4n) is 3.68. The van der Waals surface area contributed by atoms with Crippen LogP contribution < -0.4 is 10.6 Å². The molecule has 0 bridgehead atoms. The van der Waals surface area contributed by atoms with Crippen LogP contribution in [-0.2, 0) is 17.9 Å². The Morgan fingerprint density at radius 2 is 1.83 bits per heavy atom. The summed E-state index contributed by atoms with van der Waals surface area (Å²) in [6, 6.07) is 11.2. The van der Waals surface area contributed by atoms with Crippen LogP contribution in [0.1, 0.15) is 47.7 Å². The molecule has 1 atom stereocenters. The molecule has 7 heteroatoms. The van der Waals surface area contributed by atoms with Crippen molar-refractivity contribution in [1.29, 1.82) is 0 Å². The van der Waals surface area contributed by atoms with E-state index in [2.05, 4.69) is 28.5 Å². The SMILES string of the molecule is CC1CCCCN1Cc1ccccc1CNC(=O)CNC(=O)c1ccc(F)cc1F. The number of carbonyl (C=O) groups excluding carboxylic acids is 2. The Morgan fingerprint density at radius 1 is 1.07 bits per heavy atom. The number of hydrogen-bond acceptors (Lipinski definition) is 3. The van der Waals surface area contributed by atoms with Gasteiger partial charge < -0.3 is 10.6 Å². The molecule has 2 aromatic rings. The molecule has 0 aliphatic carbocycles. The van der Waals surface area contributed by atoms with Gasteiger partial charge in [0.1, 0.15) is 11.6 Å². The average molecular weight is 415 g/mol. The van der Waals surface area contributed by atoms with E-state index in [-0.39, 0.29) is 18.0 Å². The van der Waals surface area contributed by atoms with Gasteiger partial charge in [0.15, 0.2) is 0 Å². The molecule has 5 nitrogen and oxygen atoms in total. The van der Waals surface area contributed by atoms with Gasteiger partial charge in [0, 0.05) is 25.2 Å². The van der Waals surface area contributed by atoms with Crippen LogP contribution >= 0.6 is 0 Å². The first-order valence-electron chi connectivity index (χ1n) is 10.2. The van der Waals surface area contributed by atoms with Crippen molar-refractivity contribution in [3.63, 3.8) is 0 Å². The fourth-order valence-corrected chi connectivity index (χ4v) is 3.68. The highest BCUT2D eigenvalue weighted by Gasteiger charge is 2.19. The van der Waals surface area contributed by atoms with Crippen LogP contribution in [0.25, 0.3) is 0 Å². The third-order valence-corrected chi connectivity index (χ3v) is 5.49. The number of rotatable bonds is 7. The van der Waals surface area contributed by atoms with E-state index >= 15 is 0 Å². The maximum atomic E-state index is 13.7. The smallest absolute Gasteiger partial charge is 0.254 e. The third kappa shape index (κ3) is 5.86. The number of nitrogens with zero attached hydrogens (tertiary/aromatic N) is 1. The second-order valence-corrected chi connectivity index (χ2v) is 7.67. The zero-order valence-electron chi connectivity index (χ0n) is 17.1. The molecule has 0 aromatic heterocycles. The molecule has 2 N–H and O–H groups in total. The van der Waals surface area contributed by atoms with E-state index < -0.39 is 17.5 Å². The van der Waals surface area contributed by atoms with E-state index in [0.717, 1.165) is 30.8 Å². The highest BCUT2D eigenvalue weighted by molar-refractivity contribution is 5.96. The summed E-state index contributed by atoms with van der Waals surface area (Å²) in [6.07, 6.45) is 3.67. The van der Waals surface area contributed by atoms with Gasteiger partial charge in [-0.1, -0.05) is 30.7 Å². The normalized spacial score (nSPS) is 16.8. The third-order valence-electron chi connectivity index (χ3n) is 5.49. The number of hydrogen-bond donors (Lipinski definition) is 2. The van der Waals surface area contributed by atoms with Crippen LogP contribution in [0.5, 0.6) is 0 Å². The molecule has 0 spiro atoms. The van der Waals surface area contributed by atoms with Crippen molar-refractivity contribution in [3.8, 4) is 0 Å². The summed E-state index contributed by atoms with van der Waals surface area (Å²) in [7, 11) is 0. The summed E-state index contributed by atoms with van der Waals surface area (Å²) in [6.45, 7) is 4.22. The number of benzene rings is 2. The quantitative estimate of drug-likeness (QED) is 0.729. The maximum absolute atomic E-state index is 13.7. The Balaban J connectivity index is 1.51. The number of likely N-dealkylation sites (tertiary alicyclic amines) is 1. The van der Waals surface area contributed by atoms with Gasteiger partial charge in [-0.05, 0) is 49.6 Å². The predicted octanol–water partition coefficient (Wildman–Crippen LogP) is 3.39. The molecule has 2 aromatic carbocycles. The lowest BCUT2D eigenvalue weighted by Gasteiger charge is -2.33. The fraction of sp³-hybridized carbons (Fsp3) is 0.391. The molecule has 1 heterocycles. The standard InChI is InChI=1S/C23H27F2N3O2/c1-16-6-4-5-11-28(16)15-18-8-3-2-7-17(18)13-26-22(29)14-27-23(30)20-10-9-19(24)12-21(20)25/h2-3,7-10,12,16H,4-6,11,13-15H2,1H3,(H,26,29)(H,27,30). The summed E-state index contributed by atoms with van der Waals surface area (Å²) in [5, 5.41) is 5.15. The van der Waals surface area contributed by atoms with Gasteiger partial charge in [-0.25, -0.2) is 8.78 Å². The van der Waals surface area contributed by atoms with Crippen molar-refractivity contribution in [2.75, 3.05) is 13.1 Å². The van der Waals surface area contributed by atoms with Gasteiger partial charge in [0.05, 0.1) is 12.1 Å². The maximum Gasteiger partial charge on any atom is 0.254 e. The topological polar surface area (TPSA) is 61.4 Å². The molecule has 3 rings (SSSR count). The zero-order chi connectivity index (χ0) is 21.5. The van der Waals surface area contributed by atoms with Crippen molar-refractivity contribution in [2.45, 2.75) is 45.3 Å². The van der Waals surface area contributed by atoms with Gasteiger partial charge in [-0.3, -0.25) is 14.5 Å². The molecule has 0 saturated carbocycles. The van der Waals surface area contributed by atoms with E-state index in [4.69, 9.17) is 0 Å². The second kappa shape index (κ2) is 10.3. The Labute approximate surface area is 175 Å². The van der Waals surface area contributed by atoms with Gasteiger partial charge in [-0.2, -0.15) is 0 Å². The van der Waals surface area contributed by atoms with Crippen LogP contribution in [0, 0.1) is 11.6 Å². The molecule has 1 unspecified atom stereocenters. The lowest BCUT2D eigenvalue weighted by Crippen LogP contribution is -2.38. The number of piperidine rings is 1. The monoisotopic (exact) mass is 415 g/mol. The van der Waals surface area contributed by atoms with Crippen LogP contribution in [-0.4, -0.2) is 35.8 Å². The highest BCUT2D eigenvalue weighted by atomic mass is 19.1. The van der Waals surface area contributed by atoms with Crippen molar-refractivity contribution < 1.29 is 18.4 Å². The number of halogens is 2. The van der Waals surface area contributed by atoms with E-state index in [1.54, 1.807) is 0 Å². The Morgan fingerprint density at radius 3 is 2.57 bits per heavy atom. The number of nitrogens with one attached hydrogen (secondary N) is 2. The van der Waals surface area contributed by atoms with E-state index in [9.17, 15) is 18.4 Å². The lowest BCUT2D eigenvalue weighted by molar-refractivity contribution is -0.120. The molecule has 1 aliphatic rings. The Bertz CT molecular complexity index is 904.